The van der Waals surface area contributed by atoms with Crippen molar-refractivity contribution in [3.63, 3.8) is 0 Å². The molecule has 152 valence electrons. The third-order valence-corrected chi connectivity index (χ3v) is 6.75. The first-order valence-corrected chi connectivity index (χ1v) is 11.0. The summed E-state index contributed by atoms with van der Waals surface area (Å²) in [6.45, 7) is 2.05. The van der Waals surface area contributed by atoms with Crippen LogP contribution in [0.5, 0.6) is 0 Å². The number of imidazole rings is 1. The van der Waals surface area contributed by atoms with Gasteiger partial charge in [0.15, 0.2) is 0 Å². The maximum atomic E-state index is 13.0. The Labute approximate surface area is 186 Å². The fraction of sp³-hybridized carbons (Fsp3) is 0.130. The zero-order valence-corrected chi connectivity index (χ0v) is 19.2. The van der Waals surface area contributed by atoms with Crippen LogP contribution in [-0.2, 0) is 14.1 Å². The van der Waals surface area contributed by atoms with Gasteiger partial charge in [-0.25, -0.2) is 4.79 Å². The van der Waals surface area contributed by atoms with E-state index >= 15 is 0 Å². The summed E-state index contributed by atoms with van der Waals surface area (Å²) in [6, 6.07) is 19.3. The molecule has 3 aromatic carbocycles. The summed E-state index contributed by atoms with van der Waals surface area (Å²) < 4.78 is 3.93. The minimum absolute atomic E-state index is 0.106. The smallest absolute Gasteiger partial charge is 0.321 e. The van der Waals surface area contributed by atoms with Gasteiger partial charge in [0, 0.05) is 28.4 Å². The third-order valence-electron chi connectivity index (χ3n) is 4.99. The molecule has 4 aromatic rings. The molecule has 0 atom stereocenters. The minimum Gasteiger partial charge on any atom is -0.321 e. The van der Waals surface area contributed by atoms with Crippen LogP contribution in [0.2, 0.25) is 0 Å². The Morgan fingerprint density at radius 2 is 1.60 bits per heavy atom. The van der Waals surface area contributed by atoms with Crippen molar-refractivity contribution >= 4 is 50.3 Å². The molecule has 1 amide bonds. The number of nitrogens with zero attached hydrogens (tertiary/aromatic N) is 2. The van der Waals surface area contributed by atoms with Crippen molar-refractivity contribution in [1.29, 1.82) is 0 Å². The number of aromatic nitrogens is 2. The quantitative estimate of drug-likeness (QED) is 0.427. The Morgan fingerprint density at radius 3 is 2.27 bits per heavy atom. The number of nitrogens with one attached hydrogen (secondary N) is 1. The second-order valence-electron chi connectivity index (χ2n) is 7.09. The standard InChI is InChI=1S/C23H20BrN3O2S/c1-14-8-10-15(11-9-14)30-21-13-20-19(26(2)23(29)27(20)3)12-18(21)25-22(28)16-6-4-5-7-17(16)24/h4-13H,1-3H3,(H,25,28). The lowest BCUT2D eigenvalue weighted by atomic mass is 10.2. The number of hydrogen-bond donors (Lipinski definition) is 1. The summed E-state index contributed by atoms with van der Waals surface area (Å²) in [4.78, 5) is 27.3. The first-order chi connectivity index (χ1) is 14.3. The molecular formula is C23H20BrN3O2S. The zero-order chi connectivity index (χ0) is 21.4. The van der Waals surface area contributed by atoms with Crippen molar-refractivity contribution < 1.29 is 4.79 Å². The van der Waals surface area contributed by atoms with E-state index in [1.54, 1.807) is 41.1 Å². The van der Waals surface area contributed by atoms with E-state index < -0.39 is 0 Å². The average Bonchev–Trinajstić information content (AvgIpc) is 2.94. The minimum atomic E-state index is -0.214. The van der Waals surface area contributed by atoms with E-state index in [9.17, 15) is 9.59 Å². The van der Waals surface area contributed by atoms with Gasteiger partial charge in [-0.1, -0.05) is 41.6 Å². The van der Waals surface area contributed by atoms with Crippen molar-refractivity contribution in [3.8, 4) is 0 Å². The Bertz CT molecular complexity index is 1320. The van der Waals surface area contributed by atoms with Crippen LogP contribution in [0, 0.1) is 6.92 Å². The molecule has 0 radical (unpaired) electrons. The van der Waals surface area contributed by atoms with Crippen molar-refractivity contribution in [2.45, 2.75) is 16.7 Å². The monoisotopic (exact) mass is 481 g/mol. The highest BCUT2D eigenvalue weighted by molar-refractivity contribution is 9.10. The molecule has 7 heteroatoms. The SMILES string of the molecule is Cc1ccc(Sc2cc3c(cc2NC(=O)c2ccccc2Br)n(C)c(=O)n3C)cc1. The fourth-order valence-corrected chi connectivity index (χ4v) is 4.66. The highest BCUT2D eigenvalue weighted by Crippen LogP contribution is 2.37. The number of benzene rings is 3. The summed E-state index contributed by atoms with van der Waals surface area (Å²) in [6.07, 6.45) is 0. The summed E-state index contributed by atoms with van der Waals surface area (Å²) in [5.41, 5.74) is 3.86. The van der Waals surface area contributed by atoms with Crippen LogP contribution in [0.1, 0.15) is 15.9 Å². The molecule has 0 saturated carbocycles. The molecule has 0 aliphatic carbocycles. The highest BCUT2D eigenvalue weighted by Gasteiger charge is 2.17. The van der Waals surface area contributed by atoms with Crippen molar-refractivity contribution in [2.75, 3.05) is 5.32 Å². The van der Waals surface area contributed by atoms with Crippen LogP contribution in [0.25, 0.3) is 11.0 Å². The molecule has 1 heterocycles. The van der Waals surface area contributed by atoms with Crippen LogP contribution in [0.4, 0.5) is 5.69 Å². The van der Waals surface area contributed by atoms with Crippen LogP contribution < -0.4 is 11.0 Å². The number of carbonyl (C=O) groups excluding carboxylic acids is 1. The molecule has 0 spiro atoms. The summed E-state index contributed by atoms with van der Waals surface area (Å²) in [5, 5.41) is 3.03. The Kier molecular flexibility index (Phi) is 5.58. The van der Waals surface area contributed by atoms with Crippen LogP contribution in [0.3, 0.4) is 0 Å². The van der Waals surface area contributed by atoms with Gasteiger partial charge in [-0.15, -0.1) is 0 Å². The normalized spacial score (nSPS) is 11.1. The molecule has 4 rings (SSSR count). The molecular weight excluding hydrogens is 462 g/mol. The maximum absolute atomic E-state index is 13.0. The third kappa shape index (κ3) is 3.82. The van der Waals surface area contributed by atoms with Crippen LogP contribution >= 0.6 is 27.7 Å². The fourth-order valence-electron chi connectivity index (χ4n) is 3.28. The predicted molar refractivity (Wildman–Crippen MR) is 126 cm³/mol. The Balaban J connectivity index is 1.82. The number of amides is 1. The largest absolute Gasteiger partial charge is 0.328 e. The Morgan fingerprint density at radius 1 is 0.967 bits per heavy atom. The molecule has 0 saturated heterocycles. The van der Waals surface area contributed by atoms with Crippen molar-refractivity contribution in [3.05, 3.63) is 86.7 Å². The van der Waals surface area contributed by atoms with Crippen molar-refractivity contribution in [2.24, 2.45) is 14.1 Å². The van der Waals surface area contributed by atoms with Gasteiger partial charge in [-0.05, 0) is 59.3 Å². The topological polar surface area (TPSA) is 56.0 Å². The number of rotatable bonds is 4. The number of halogens is 1. The number of carbonyl (C=O) groups is 1. The number of hydrogen-bond acceptors (Lipinski definition) is 3. The first-order valence-electron chi connectivity index (χ1n) is 9.35. The van der Waals surface area contributed by atoms with Crippen LogP contribution in [-0.4, -0.2) is 15.0 Å². The predicted octanol–water partition coefficient (Wildman–Crippen LogP) is 5.35. The van der Waals surface area contributed by atoms with Gasteiger partial charge in [0.2, 0.25) is 0 Å². The van der Waals surface area contributed by atoms with E-state index in [2.05, 4.69) is 33.4 Å². The molecule has 1 aromatic heterocycles. The molecule has 0 aliphatic heterocycles. The second-order valence-corrected chi connectivity index (χ2v) is 9.06. The van der Waals surface area contributed by atoms with Gasteiger partial charge < -0.3 is 5.32 Å². The molecule has 0 fully saturated rings. The van der Waals surface area contributed by atoms with Gasteiger partial charge in [0.25, 0.3) is 5.91 Å². The zero-order valence-electron chi connectivity index (χ0n) is 16.8. The second kappa shape index (κ2) is 8.16. The molecule has 30 heavy (non-hydrogen) atoms. The van der Waals surface area contributed by atoms with E-state index in [-0.39, 0.29) is 11.6 Å². The van der Waals surface area contributed by atoms with E-state index in [1.165, 1.54) is 5.56 Å². The van der Waals surface area contributed by atoms with E-state index in [0.717, 1.165) is 25.3 Å². The van der Waals surface area contributed by atoms with Gasteiger partial charge in [0.1, 0.15) is 0 Å². The molecule has 5 nitrogen and oxygen atoms in total. The van der Waals surface area contributed by atoms with E-state index in [4.69, 9.17) is 0 Å². The lowest BCUT2D eigenvalue weighted by Gasteiger charge is -2.13. The van der Waals surface area contributed by atoms with E-state index in [1.807, 2.05) is 49.4 Å². The van der Waals surface area contributed by atoms with Gasteiger partial charge in [-0.3, -0.25) is 13.9 Å². The molecule has 0 aliphatic rings. The molecule has 0 bridgehead atoms. The molecule has 1 N–H and O–H groups in total. The maximum Gasteiger partial charge on any atom is 0.328 e. The van der Waals surface area contributed by atoms with Gasteiger partial charge in [0.05, 0.1) is 22.3 Å². The Hall–Kier alpha value is -2.77. The van der Waals surface area contributed by atoms with Gasteiger partial charge in [-0.2, -0.15) is 0 Å². The van der Waals surface area contributed by atoms with Crippen molar-refractivity contribution in [1.82, 2.24) is 9.13 Å². The lowest BCUT2D eigenvalue weighted by Crippen LogP contribution is -2.19. The average molecular weight is 482 g/mol. The lowest BCUT2D eigenvalue weighted by molar-refractivity contribution is 0.102. The molecule has 0 unspecified atom stereocenters. The summed E-state index contributed by atoms with van der Waals surface area (Å²) >= 11 is 4.99. The van der Waals surface area contributed by atoms with Crippen LogP contribution in [0.15, 0.2) is 79.7 Å². The summed E-state index contributed by atoms with van der Waals surface area (Å²) in [5.74, 6) is -0.214. The number of fused-ring (bicyclic) bond motifs is 1. The first kappa shape index (κ1) is 20.5. The van der Waals surface area contributed by atoms with E-state index in [0.29, 0.717) is 11.3 Å². The number of aryl methyl sites for hydroxylation is 3. The van der Waals surface area contributed by atoms with Gasteiger partial charge >= 0.3 is 5.69 Å². The highest BCUT2D eigenvalue weighted by atomic mass is 79.9. The summed E-state index contributed by atoms with van der Waals surface area (Å²) in [7, 11) is 3.49. The number of anilines is 1.